The Morgan fingerprint density at radius 2 is 2.10 bits per heavy atom. The zero-order valence-corrected chi connectivity index (χ0v) is 16.1. The van der Waals surface area contributed by atoms with Crippen molar-refractivity contribution < 1.29 is 13.9 Å². The van der Waals surface area contributed by atoms with Gasteiger partial charge >= 0.3 is 0 Å². The van der Waals surface area contributed by atoms with Crippen LogP contribution < -0.4 is 11.5 Å². The maximum absolute atomic E-state index is 5.89. The normalized spacial score (nSPS) is 16.5. The maximum Gasteiger partial charge on any atom is 0.222 e. The van der Waals surface area contributed by atoms with Crippen LogP contribution in [-0.2, 0) is 22.6 Å². The molecule has 0 aromatic carbocycles. The Morgan fingerprint density at radius 3 is 2.83 bits per heavy atom. The van der Waals surface area contributed by atoms with Gasteiger partial charge in [-0.05, 0) is 24.1 Å². The Bertz CT molecular complexity index is 1160. The van der Waals surface area contributed by atoms with Crippen LogP contribution in [0.5, 0.6) is 0 Å². The summed E-state index contributed by atoms with van der Waals surface area (Å²) in [5.41, 5.74) is 14.8. The molecule has 11 heteroatoms. The number of nitrogens with two attached hydrogens (primary N) is 2. The van der Waals surface area contributed by atoms with E-state index in [4.69, 9.17) is 25.4 Å². The quantitative estimate of drug-likeness (QED) is 0.478. The molecule has 154 valence electrons. The molecule has 0 saturated carbocycles. The van der Waals surface area contributed by atoms with Gasteiger partial charge in [0.2, 0.25) is 5.95 Å². The highest BCUT2D eigenvalue weighted by atomic mass is 16.5. The van der Waals surface area contributed by atoms with Gasteiger partial charge in [0.1, 0.15) is 5.69 Å². The number of hydrogen-bond acceptors (Lipinski definition) is 10. The first-order valence-corrected chi connectivity index (χ1v) is 9.51. The van der Waals surface area contributed by atoms with E-state index in [0.717, 1.165) is 24.3 Å². The Balaban J connectivity index is 1.36. The van der Waals surface area contributed by atoms with Crippen molar-refractivity contribution in [3.05, 3.63) is 41.7 Å². The maximum atomic E-state index is 5.89. The van der Waals surface area contributed by atoms with Crippen molar-refractivity contribution in [2.45, 2.75) is 25.7 Å². The van der Waals surface area contributed by atoms with E-state index < -0.39 is 0 Å². The van der Waals surface area contributed by atoms with Gasteiger partial charge in [0.05, 0.1) is 31.6 Å². The average Bonchev–Trinajstić information content (AvgIpc) is 3.49. The van der Waals surface area contributed by atoms with Gasteiger partial charge in [-0.25, -0.2) is 9.67 Å². The molecule has 0 radical (unpaired) electrons. The van der Waals surface area contributed by atoms with Crippen molar-refractivity contribution in [2.24, 2.45) is 0 Å². The molecule has 4 aromatic heterocycles. The van der Waals surface area contributed by atoms with E-state index in [0.29, 0.717) is 42.4 Å². The summed E-state index contributed by atoms with van der Waals surface area (Å²) < 4.78 is 18.2. The third-order valence-corrected chi connectivity index (χ3v) is 4.81. The minimum atomic E-state index is 0.0902. The first-order chi connectivity index (χ1) is 14.7. The standard InChI is InChI=1S/C19H20N8O3/c20-15-4-3-14(30-15)16-17-18(24-19(21)23-16)27(26-25-17)8-12-2-1-11(7-22-12)9-29-13-5-6-28-10-13/h1-4,7,13H,5-6,8-10,20H2,(H2,21,23,24). The van der Waals surface area contributed by atoms with Crippen molar-refractivity contribution in [3.8, 4) is 11.5 Å². The highest BCUT2D eigenvalue weighted by molar-refractivity contribution is 5.86. The van der Waals surface area contributed by atoms with Crippen LogP contribution in [0.3, 0.4) is 0 Å². The molecule has 0 aliphatic carbocycles. The molecule has 11 nitrogen and oxygen atoms in total. The van der Waals surface area contributed by atoms with E-state index in [2.05, 4.69) is 25.3 Å². The minimum absolute atomic E-state index is 0.0902. The molecule has 4 aromatic rings. The Labute approximate surface area is 171 Å². The molecule has 1 aliphatic rings. The summed E-state index contributed by atoms with van der Waals surface area (Å²) in [4.78, 5) is 13.0. The highest BCUT2D eigenvalue weighted by Crippen LogP contribution is 2.27. The van der Waals surface area contributed by atoms with Crippen molar-refractivity contribution in [1.82, 2.24) is 29.9 Å². The van der Waals surface area contributed by atoms with E-state index in [1.807, 2.05) is 12.1 Å². The molecular weight excluding hydrogens is 388 g/mol. The molecule has 1 aliphatic heterocycles. The predicted octanol–water partition coefficient (Wildman–Crippen LogP) is 1.39. The average molecular weight is 408 g/mol. The molecule has 4 N–H and O–H groups in total. The van der Waals surface area contributed by atoms with Crippen LogP contribution in [-0.4, -0.2) is 49.3 Å². The molecule has 0 spiro atoms. The second kappa shape index (κ2) is 7.69. The second-order valence-corrected chi connectivity index (χ2v) is 7.01. The number of hydrogen-bond donors (Lipinski definition) is 2. The van der Waals surface area contributed by atoms with Crippen LogP contribution in [0.2, 0.25) is 0 Å². The summed E-state index contributed by atoms with van der Waals surface area (Å²) >= 11 is 0. The van der Waals surface area contributed by atoms with E-state index >= 15 is 0 Å². The Kier molecular flexibility index (Phi) is 4.73. The van der Waals surface area contributed by atoms with Crippen LogP contribution in [0.25, 0.3) is 22.6 Å². The topological polar surface area (TPSA) is 153 Å². The number of nitrogens with zero attached hydrogens (tertiary/aromatic N) is 6. The molecule has 0 amide bonds. The first-order valence-electron chi connectivity index (χ1n) is 9.51. The SMILES string of the molecule is Nc1nc(-c2ccc(N)o2)c2nnn(Cc3ccc(COC4CCOC4)cn3)c2n1. The lowest BCUT2D eigenvalue weighted by Crippen LogP contribution is -2.12. The number of ether oxygens (including phenoxy) is 2. The van der Waals surface area contributed by atoms with E-state index in [1.165, 1.54) is 0 Å². The fourth-order valence-corrected chi connectivity index (χ4v) is 3.28. The van der Waals surface area contributed by atoms with Crippen LogP contribution in [0.1, 0.15) is 17.7 Å². The van der Waals surface area contributed by atoms with Crippen LogP contribution in [0.15, 0.2) is 34.9 Å². The summed E-state index contributed by atoms with van der Waals surface area (Å²) in [6.45, 7) is 2.30. The number of rotatable bonds is 6. The summed E-state index contributed by atoms with van der Waals surface area (Å²) in [6.07, 6.45) is 2.89. The van der Waals surface area contributed by atoms with Gasteiger partial charge in [0.25, 0.3) is 0 Å². The number of nitrogen functional groups attached to an aromatic ring is 2. The number of anilines is 2. The number of furan rings is 1. The highest BCUT2D eigenvalue weighted by Gasteiger charge is 2.18. The van der Waals surface area contributed by atoms with Gasteiger partial charge in [-0.15, -0.1) is 5.10 Å². The number of pyridine rings is 1. The summed E-state index contributed by atoms with van der Waals surface area (Å²) in [7, 11) is 0. The van der Waals surface area contributed by atoms with Crippen molar-refractivity contribution in [2.75, 3.05) is 24.7 Å². The summed E-state index contributed by atoms with van der Waals surface area (Å²) in [5.74, 6) is 0.817. The molecule has 30 heavy (non-hydrogen) atoms. The molecule has 1 atom stereocenters. The van der Waals surface area contributed by atoms with E-state index in [9.17, 15) is 0 Å². The van der Waals surface area contributed by atoms with Crippen LogP contribution >= 0.6 is 0 Å². The lowest BCUT2D eigenvalue weighted by Gasteiger charge is -2.10. The van der Waals surface area contributed by atoms with Gasteiger partial charge in [0.15, 0.2) is 22.8 Å². The van der Waals surface area contributed by atoms with Crippen molar-refractivity contribution >= 4 is 23.0 Å². The first kappa shape index (κ1) is 18.5. The third kappa shape index (κ3) is 3.67. The van der Waals surface area contributed by atoms with Gasteiger partial charge in [-0.1, -0.05) is 11.3 Å². The smallest absolute Gasteiger partial charge is 0.222 e. The van der Waals surface area contributed by atoms with Gasteiger partial charge in [0, 0.05) is 18.9 Å². The number of fused-ring (bicyclic) bond motifs is 1. The molecule has 1 fully saturated rings. The molecule has 0 bridgehead atoms. The van der Waals surface area contributed by atoms with Crippen LogP contribution in [0, 0.1) is 0 Å². The van der Waals surface area contributed by atoms with Gasteiger partial charge in [-0.3, -0.25) is 4.98 Å². The summed E-state index contributed by atoms with van der Waals surface area (Å²) in [5, 5.41) is 8.40. The van der Waals surface area contributed by atoms with E-state index in [1.54, 1.807) is 23.0 Å². The fourth-order valence-electron chi connectivity index (χ4n) is 3.28. The van der Waals surface area contributed by atoms with Crippen LogP contribution in [0.4, 0.5) is 11.8 Å². The van der Waals surface area contributed by atoms with Gasteiger partial charge in [-0.2, -0.15) is 4.98 Å². The monoisotopic (exact) mass is 408 g/mol. The zero-order chi connectivity index (χ0) is 20.5. The zero-order valence-electron chi connectivity index (χ0n) is 16.1. The summed E-state index contributed by atoms with van der Waals surface area (Å²) in [6, 6.07) is 7.25. The molecule has 1 unspecified atom stereocenters. The third-order valence-electron chi connectivity index (χ3n) is 4.81. The fraction of sp³-hybridized carbons (Fsp3) is 0.316. The molecule has 5 heterocycles. The number of aromatic nitrogens is 6. The molecule has 1 saturated heterocycles. The van der Waals surface area contributed by atoms with Gasteiger partial charge < -0.3 is 25.4 Å². The van der Waals surface area contributed by atoms with Crippen molar-refractivity contribution in [3.63, 3.8) is 0 Å². The van der Waals surface area contributed by atoms with Crippen molar-refractivity contribution in [1.29, 1.82) is 0 Å². The molecular formula is C19H20N8O3. The lowest BCUT2D eigenvalue weighted by atomic mass is 10.2. The second-order valence-electron chi connectivity index (χ2n) is 7.01. The Hall–Kier alpha value is -3.57. The minimum Gasteiger partial charge on any atom is -0.439 e. The lowest BCUT2D eigenvalue weighted by molar-refractivity contribution is 0.0316. The predicted molar refractivity (Wildman–Crippen MR) is 107 cm³/mol. The molecule has 5 rings (SSSR count). The Morgan fingerprint density at radius 1 is 1.17 bits per heavy atom. The van der Waals surface area contributed by atoms with E-state index in [-0.39, 0.29) is 17.9 Å². The largest absolute Gasteiger partial charge is 0.439 e.